The Labute approximate surface area is 254 Å². The highest BCUT2D eigenvalue weighted by atomic mass is 127. The van der Waals surface area contributed by atoms with E-state index in [2.05, 4.69) is 78.0 Å². The normalized spacial score (nSPS) is 13.0. The van der Waals surface area contributed by atoms with E-state index in [-0.39, 0.29) is 0 Å². The third-order valence-electron chi connectivity index (χ3n) is 5.05. The molecule has 2 aromatic rings. The standard InChI is InChI=1S/C20H25IO.C4HF8IO4S/c1-2-3-4-5-6-9-16-22-18-14-12-17(13-15-18)19-10-7-8-11-20(19)21;5-1(6,13)2(7,8)17-3(9,10)4(11,12)18(14,15)16/h7-8,10-15H,2-6,9,16H2,1H3;(H,14,15,16). The molecule has 0 atom stereocenters. The summed E-state index contributed by atoms with van der Waals surface area (Å²) in [5, 5.41) is -6.54. The zero-order valence-electron chi connectivity index (χ0n) is 20.8. The van der Waals surface area contributed by atoms with Crippen LogP contribution >= 0.6 is 45.2 Å². The Hall–Kier alpha value is -0.990. The topological polar surface area (TPSA) is 72.8 Å². The molecule has 0 spiro atoms. The third-order valence-corrected chi connectivity index (χ3v) is 7.51. The molecule has 0 radical (unpaired) electrons. The summed E-state index contributed by atoms with van der Waals surface area (Å²) in [4.78, 5) is 0. The summed E-state index contributed by atoms with van der Waals surface area (Å²) in [6, 6.07) is 16.9. The Morgan fingerprint density at radius 1 is 0.800 bits per heavy atom. The van der Waals surface area contributed by atoms with Crippen LogP contribution in [0.1, 0.15) is 45.4 Å². The van der Waals surface area contributed by atoms with Crippen molar-refractivity contribution in [2.45, 2.75) is 66.8 Å². The summed E-state index contributed by atoms with van der Waals surface area (Å²) in [6.07, 6.45) is -4.89. The summed E-state index contributed by atoms with van der Waals surface area (Å²) in [7, 11) is -6.87. The van der Waals surface area contributed by atoms with Crippen LogP contribution in [0, 0.1) is 3.57 Å². The Bertz CT molecular complexity index is 1160. The Morgan fingerprint density at radius 3 is 1.82 bits per heavy atom. The number of alkyl halides is 9. The van der Waals surface area contributed by atoms with Crippen molar-refractivity contribution in [3.8, 4) is 16.9 Å². The zero-order chi connectivity index (χ0) is 30.8. The van der Waals surface area contributed by atoms with Gasteiger partial charge >= 0.3 is 31.5 Å². The van der Waals surface area contributed by atoms with Crippen LogP contribution in [0.15, 0.2) is 48.5 Å². The first-order valence-electron chi connectivity index (χ1n) is 11.6. The van der Waals surface area contributed by atoms with Crippen LogP contribution in [0.5, 0.6) is 5.75 Å². The van der Waals surface area contributed by atoms with E-state index in [0.717, 1.165) is 18.8 Å². The molecule has 40 heavy (non-hydrogen) atoms. The highest BCUT2D eigenvalue weighted by molar-refractivity contribution is 14.1. The zero-order valence-corrected chi connectivity index (χ0v) is 26.0. The smallest absolute Gasteiger partial charge is 0.460 e. The van der Waals surface area contributed by atoms with Gasteiger partial charge in [0.25, 0.3) is 0 Å². The molecule has 2 aromatic carbocycles. The molecule has 0 aliphatic carbocycles. The molecule has 1 N–H and O–H groups in total. The summed E-state index contributed by atoms with van der Waals surface area (Å²) >= 11 is 1.99. The SMILES string of the molecule is CCCCCCCCOc1ccc(-c2ccccc2I)cc1.O=S(=O)(O)C(F)(F)C(F)(F)OC(F)(F)C(F)(F)I. The molecule has 5 nitrogen and oxygen atoms in total. The molecular weight excluding hydrogens is 806 g/mol. The van der Waals surface area contributed by atoms with E-state index in [4.69, 9.17) is 9.29 Å². The van der Waals surface area contributed by atoms with Gasteiger partial charge in [-0.25, -0.2) is 4.74 Å². The minimum atomic E-state index is -6.87. The van der Waals surface area contributed by atoms with Gasteiger partial charge < -0.3 is 4.74 Å². The number of benzene rings is 2. The summed E-state index contributed by atoms with van der Waals surface area (Å²) in [5.74, 6) is 0.975. The average molecular weight is 832 g/mol. The van der Waals surface area contributed by atoms with E-state index < -0.39 is 54.1 Å². The minimum Gasteiger partial charge on any atom is -0.494 e. The van der Waals surface area contributed by atoms with Crippen molar-refractivity contribution in [2.24, 2.45) is 0 Å². The molecule has 16 heteroatoms. The van der Waals surface area contributed by atoms with Gasteiger partial charge in [-0.2, -0.15) is 43.5 Å². The molecule has 0 unspecified atom stereocenters. The van der Waals surface area contributed by atoms with Crippen LogP contribution in [0.3, 0.4) is 0 Å². The number of unbranched alkanes of at least 4 members (excludes halogenated alkanes) is 5. The molecule has 0 aliphatic rings. The second-order valence-corrected chi connectivity index (χ2v) is 12.2. The van der Waals surface area contributed by atoms with Crippen molar-refractivity contribution in [3.63, 3.8) is 0 Å². The lowest BCUT2D eigenvalue weighted by molar-refractivity contribution is -0.438. The number of hydrogen-bond donors (Lipinski definition) is 1. The molecule has 0 aromatic heterocycles. The predicted octanol–water partition coefficient (Wildman–Crippen LogP) is 9.39. The lowest BCUT2D eigenvalue weighted by Gasteiger charge is -2.29. The predicted molar refractivity (Wildman–Crippen MR) is 150 cm³/mol. The van der Waals surface area contributed by atoms with Gasteiger partial charge in [-0.1, -0.05) is 69.4 Å². The number of rotatable bonds is 14. The fraction of sp³-hybridized carbons (Fsp3) is 0.500. The van der Waals surface area contributed by atoms with Crippen LogP contribution in [0.2, 0.25) is 0 Å². The monoisotopic (exact) mass is 832 g/mol. The quantitative estimate of drug-likeness (QED) is 0.0676. The van der Waals surface area contributed by atoms with Crippen molar-refractivity contribution in [3.05, 3.63) is 52.1 Å². The fourth-order valence-electron chi connectivity index (χ4n) is 2.93. The lowest BCUT2D eigenvalue weighted by Crippen LogP contribution is -2.54. The number of hydrogen-bond acceptors (Lipinski definition) is 4. The molecule has 0 saturated heterocycles. The Morgan fingerprint density at radius 2 is 1.32 bits per heavy atom. The van der Waals surface area contributed by atoms with E-state index >= 15 is 0 Å². The van der Waals surface area contributed by atoms with Gasteiger partial charge in [0.1, 0.15) is 5.75 Å². The molecule has 0 bridgehead atoms. The van der Waals surface area contributed by atoms with Crippen molar-refractivity contribution in [2.75, 3.05) is 6.61 Å². The van der Waals surface area contributed by atoms with E-state index in [0.29, 0.717) is 0 Å². The molecule has 0 saturated carbocycles. The van der Waals surface area contributed by atoms with E-state index in [1.165, 1.54) is 46.8 Å². The van der Waals surface area contributed by atoms with Crippen LogP contribution in [-0.2, 0) is 14.9 Å². The molecular formula is C24H26F8I2O5S. The first-order valence-corrected chi connectivity index (χ1v) is 15.2. The van der Waals surface area contributed by atoms with E-state index in [9.17, 15) is 43.5 Å². The van der Waals surface area contributed by atoms with Gasteiger partial charge in [-0.3, -0.25) is 4.55 Å². The summed E-state index contributed by atoms with van der Waals surface area (Å²) in [6.45, 7) is 3.08. The molecule has 0 amide bonds. The highest BCUT2D eigenvalue weighted by Crippen LogP contribution is 2.48. The van der Waals surface area contributed by atoms with Crippen LogP contribution in [0.4, 0.5) is 35.1 Å². The molecule has 228 valence electrons. The van der Waals surface area contributed by atoms with Gasteiger partial charge in [0, 0.05) is 26.2 Å². The van der Waals surface area contributed by atoms with Crippen LogP contribution in [-0.4, -0.2) is 41.0 Å². The highest BCUT2D eigenvalue weighted by Gasteiger charge is 2.73. The Kier molecular flexibility index (Phi) is 14.3. The number of ether oxygens (including phenoxy) is 2. The van der Waals surface area contributed by atoms with E-state index in [1.54, 1.807) is 0 Å². The molecule has 2 rings (SSSR count). The van der Waals surface area contributed by atoms with Gasteiger partial charge in [-0.05, 0) is 58.3 Å². The average Bonchev–Trinajstić information content (AvgIpc) is 2.82. The second kappa shape index (κ2) is 15.5. The van der Waals surface area contributed by atoms with E-state index in [1.807, 2.05) is 4.74 Å². The van der Waals surface area contributed by atoms with Gasteiger partial charge in [0.05, 0.1) is 6.61 Å². The maximum atomic E-state index is 12.4. The van der Waals surface area contributed by atoms with Gasteiger partial charge in [-0.15, -0.1) is 0 Å². The minimum absolute atomic E-state index is 0.390. The Balaban J connectivity index is 0.000000410. The molecule has 0 heterocycles. The maximum absolute atomic E-state index is 12.4. The largest absolute Gasteiger partial charge is 0.494 e. The van der Waals surface area contributed by atoms with Crippen LogP contribution < -0.4 is 4.74 Å². The first kappa shape index (κ1) is 37.0. The molecule has 0 fully saturated rings. The lowest BCUT2D eigenvalue weighted by atomic mass is 10.1. The van der Waals surface area contributed by atoms with Crippen molar-refractivity contribution >= 4 is 55.3 Å². The fourth-order valence-corrected chi connectivity index (χ4v) is 4.08. The van der Waals surface area contributed by atoms with Crippen molar-refractivity contribution < 1.29 is 57.6 Å². The third kappa shape index (κ3) is 11.0. The second-order valence-electron chi connectivity index (χ2n) is 8.25. The van der Waals surface area contributed by atoms with Crippen LogP contribution in [0.25, 0.3) is 11.1 Å². The summed E-state index contributed by atoms with van der Waals surface area (Å²) < 4.78 is 129. The van der Waals surface area contributed by atoms with Crippen molar-refractivity contribution in [1.29, 1.82) is 0 Å². The van der Waals surface area contributed by atoms with Gasteiger partial charge in [0.2, 0.25) is 0 Å². The maximum Gasteiger partial charge on any atom is 0.460 e. The number of halogens is 10. The van der Waals surface area contributed by atoms with Crippen molar-refractivity contribution in [1.82, 2.24) is 0 Å². The van der Waals surface area contributed by atoms with Gasteiger partial charge in [0.15, 0.2) is 0 Å². The summed E-state index contributed by atoms with van der Waals surface area (Å²) in [5.41, 5.74) is 2.53. The first-order chi connectivity index (χ1) is 18.3. The molecule has 0 aliphatic heterocycles.